The van der Waals surface area contributed by atoms with Crippen LogP contribution in [0.4, 0.5) is 5.82 Å². The van der Waals surface area contributed by atoms with Gasteiger partial charge in [-0.3, -0.25) is 4.98 Å². The molecule has 1 saturated heterocycles. The lowest BCUT2D eigenvalue weighted by molar-refractivity contribution is -0.0232. The molecule has 0 spiro atoms. The Hall–Kier alpha value is -2.25. The van der Waals surface area contributed by atoms with Gasteiger partial charge in [-0.1, -0.05) is 0 Å². The van der Waals surface area contributed by atoms with Gasteiger partial charge in [-0.15, -0.1) is 0 Å². The van der Waals surface area contributed by atoms with Crippen LogP contribution in [-0.2, 0) is 0 Å². The topological polar surface area (TPSA) is 91.6 Å². The number of hydrogen-bond donors (Lipinski definition) is 2. The second-order valence-electron chi connectivity index (χ2n) is 6.54. The Morgan fingerprint density at radius 1 is 1.20 bits per heavy atom. The highest BCUT2D eigenvalue weighted by molar-refractivity contribution is 5.51. The minimum absolute atomic E-state index is 0.210. The van der Waals surface area contributed by atoms with Crippen molar-refractivity contribution in [3.63, 3.8) is 0 Å². The molecule has 0 saturated carbocycles. The zero-order valence-electron chi connectivity index (χ0n) is 14.6. The predicted octanol–water partition coefficient (Wildman–Crippen LogP) is 1.99. The van der Waals surface area contributed by atoms with Gasteiger partial charge in [-0.05, 0) is 45.2 Å². The van der Waals surface area contributed by atoms with Crippen molar-refractivity contribution >= 4 is 5.82 Å². The molecule has 1 fully saturated rings. The second-order valence-corrected chi connectivity index (χ2v) is 6.54. The molecule has 1 atom stereocenters. The first kappa shape index (κ1) is 17.6. The fourth-order valence-electron chi connectivity index (χ4n) is 3.08. The van der Waals surface area contributed by atoms with Crippen molar-refractivity contribution in [3.8, 4) is 11.6 Å². The maximum atomic E-state index is 10.3. The normalized spacial score (nSPS) is 21.0. The fraction of sp³-hybridized carbons (Fsp3) is 0.500. The Balaban J connectivity index is 1.83. The Bertz CT molecular complexity index is 740. The lowest BCUT2D eigenvalue weighted by atomic mass is 9.96. The molecule has 134 valence electrons. The van der Waals surface area contributed by atoms with Gasteiger partial charge in [0.1, 0.15) is 12.1 Å². The summed E-state index contributed by atoms with van der Waals surface area (Å²) in [7, 11) is 0. The van der Waals surface area contributed by atoms with Gasteiger partial charge in [0, 0.05) is 19.3 Å². The lowest BCUT2D eigenvalue weighted by Gasteiger charge is -2.26. The van der Waals surface area contributed by atoms with Crippen LogP contribution in [0.5, 0.6) is 11.6 Å². The maximum Gasteiger partial charge on any atom is 0.227 e. The Kier molecular flexibility index (Phi) is 5.15. The number of ether oxygens (including phenoxy) is 1. The largest absolute Gasteiger partial charge is 0.437 e. The molecule has 2 aromatic rings. The van der Waals surface area contributed by atoms with Crippen LogP contribution in [0.15, 0.2) is 24.7 Å². The van der Waals surface area contributed by atoms with Gasteiger partial charge in [-0.25, -0.2) is 9.97 Å². The van der Waals surface area contributed by atoms with Gasteiger partial charge < -0.3 is 19.8 Å². The van der Waals surface area contributed by atoms with Crippen molar-refractivity contribution in [3.05, 3.63) is 35.9 Å². The highest BCUT2D eigenvalue weighted by Crippen LogP contribution is 2.31. The smallest absolute Gasteiger partial charge is 0.227 e. The van der Waals surface area contributed by atoms with Gasteiger partial charge in [-0.2, -0.15) is 0 Å². The van der Waals surface area contributed by atoms with Gasteiger partial charge in [0.05, 0.1) is 23.5 Å². The molecule has 7 heteroatoms. The molecular weight excluding hydrogens is 320 g/mol. The van der Waals surface area contributed by atoms with E-state index in [-0.39, 0.29) is 6.61 Å². The van der Waals surface area contributed by atoms with Gasteiger partial charge in [0.15, 0.2) is 5.75 Å². The van der Waals surface area contributed by atoms with Crippen molar-refractivity contribution in [2.45, 2.75) is 38.7 Å². The number of rotatable bonds is 4. The van der Waals surface area contributed by atoms with Crippen LogP contribution >= 0.6 is 0 Å². The SMILES string of the molecule is Cc1ncccc1Oc1ncnc(N2CCC[C@@](O)(CO)CC2)c1C. The van der Waals surface area contributed by atoms with E-state index in [1.165, 1.54) is 6.33 Å². The number of aliphatic hydroxyl groups excluding tert-OH is 1. The van der Waals surface area contributed by atoms with E-state index in [9.17, 15) is 10.2 Å². The van der Waals surface area contributed by atoms with Crippen molar-refractivity contribution in [1.82, 2.24) is 15.0 Å². The number of hydrogen-bond acceptors (Lipinski definition) is 7. The molecule has 0 unspecified atom stereocenters. The fourth-order valence-corrected chi connectivity index (χ4v) is 3.08. The Morgan fingerprint density at radius 2 is 2.04 bits per heavy atom. The van der Waals surface area contributed by atoms with Crippen LogP contribution < -0.4 is 9.64 Å². The van der Waals surface area contributed by atoms with E-state index in [0.717, 1.165) is 30.0 Å². The number of anilines is 1. The third kappa shape index (κ3) is 3.88. The highest BCUT2D eigenvalue weighted by atomic mass is 16.5. The average Bonchev–Trinajstić information content (AvgIpc) is 2.81. The molecule has 0 aliphatic carbocycles. The summed E-state index contributed by atoms with van der Waals surface area (Å²) in [5.74, 6) is 1.97. The van der Waals surface area contributed by atoms with Gasteiger partial charge in [0.25, 0.3) is 0 Å². The average molecular weight is 344 g/mol. The highest BCUT2D eigenvalue weighted by Gasteiger charge is 2.30. The zero-order chi connectivity index (χ0) is 17.9. The van der Waals surface area contributed by atoms with Crippen LogP contribution in [0, 0.1) is 13.8 Å². The number of aromatic nitrogens is 3. The van der Waals surface area contributed by atoms with Crippen LogP contribution in [0.1, 0.15) is 30.5 Å². The molecule has 25 heavy (non-hydrogen) atoms. The monoisotopic (exact) mass is 344 g/mol. The minimum Gasteiger partial charge on any atom is -0.437 e. The van der Waals surface area contributed by atoms with Crippen LogP contribution in [0.2, 0.25) is 0 Å². The molecule has 0 aromatic carbocycles. The van der Waals surface area contributed by atoms with Gasteiger partial charge >= 0.3 is 0 Å². The molecular formula is C18H24N4O3. The van der Waals surface area contributed by atoms with Crippen LogP contribution in [-0.4, -0.2) is 50.5 Å². The molecule has 2 aromatic heterocycles. The zero-order valence-corrected chi connectivity index (χ0v) is 14.6. The quantitative estimate of drug-likeness (QED) is 0.876. The maximum absolute atomic E-state index is 10.3. The van der Waals surface area contributed by atoms with E-state index in [1.54, 1.807) is 6.20 Å². The summed E-state index contributed by atoms with van der Waals surface area (Å²) in [5, 5.41) is 19.7. The first-order valence-electron chi connectivity index (χ1n) is 8.52. The molecule has 1 aliphatic heterocycles. The molecule has 2 N–H and O–H groups in total. The van der Waals surface area contributed by atoms with Crippen LogP contribution in [0.25, 0.3) is 0 Å². The first-order valence-corrected chi connectivity index (χ1v) is 8.52. The van der Waals surface area contributed by atoms with E-state index in [4.69, 9.17) is 4.74 Å². The molecule has 0 amide bonds. The lowest BCUT2D eigenvalue weighted by Crippen LogP contribution is -2.35. The second kappa shape index (κ2) is 7.33. The van der Waals surface area contributed by atoms with E-state index in [0.29, 0.717) is 31.0 Å². The number of aliphatic hydroxyl groups is 2. The summed E-state index contributed by atoms with van der Waals surface area (Å²) < 4.78 is 5.94. The van der Waals surface area contributed by atoms with Gasteiger partial charge in [0.2, 0.25) is 5.88 Å². The van der Waals surface area contributed by atoms with Crippen molar-refractivity contribution in [2.24, 2.45) is 0 Å². The molecule has 7 nitrogen and oxygen atoms in total. The molecule has 0 bridgehead atoms. The number of aryl methyl sites for hydroxylation is 1. The standard InChI is InChI=1S/C18H24N4O3/c1-13-16(22-9-4-6-18(24,11-23)7-10-22)20-12-21-17(13)25-15-5-3-8-19-14(15)2/h3,5,8,12,23-24H,4,6-7,9-11H2,1-2H3/t18-/m0/s1. The molecule has 3 rings (SSSR count). The first-order chi connectivity index (χ1) is 12.0. The van der Waals surface area contributed by atoms with Crippen molar-refractivity contribution < 1.29 is 14.9 Å². The van der Waals surface area contributed by atoms with E-state index >= 15 is 0 Å². The number of pyridine rings is 1. The van der Waals surface area contributed by atoms with E-state index in [2.05, 4.69) is 19.9 Å². The summed E-state index contributed by atoms with van der Waals surface area (Å²) in [6, 6.07) is 3.68. The third-order valence-electron chi connectivity index (χ3n) is 4.69. The van der Waals surface area contributed by atoms with E-state index in [1.807, 2.05) is 26.0 Å². The van der Waals surface area contributed by atoms with Crippen molar-refractivity contribution in [2.75, 3.05) is 24.6 Å². The molecule has 3 heterocycles. The number of nitrogens with zero attached hydrogens (tertiary/aromatic N) is 4. The van der Waals surface area contributed by atoms with Crippen molar-refractivity contribution in [1.29, 1.82) is 0 Å². The summed E-state index contributed by atoms with van der Waals surface area (Å²) in [6.45, 7) is 5.00. The minimum atomic E-state index is -0.998. The summed E-state index contributed by atoms with van der Waals surface area (Å²) in [5.41, 5.74) is 0.645. The summed E-state index contributed by atoms with van der Waals surface area (Å²) >= 11 is 0. The third-order valence-corrected chi connectivity index (χ3v) is 4.69. The summed E-state index contributed by atoms with van der Waals surface area (Å²) in [4.78, 5) is 15.0. The summed E-state index contributed by atoms with van der Waals surface area (Å²) in [6.07, 6.45) is 5.10. The van der Waals surface area contributed by atoms with Crippen LogP contribution in [0.3, 0.4) is 0 Å². The van der Waals surface area contributed by atoms with E-state index < -0.39 is 5.60 Å². The predicted molar refractivity (Wildman–Crippen MR) is 93.9 cm³/mol. The molecule has 1 aliphatic rings. The molecule has 0 radical (unpaired) electrons. The Labute approximate surface area is 147 Å². The Morgan fingerprint density at radius 3 is 2.80 bits per heavy atom.